The molecule has 1 atom stereocenters. The molecule has 162 valence electrons. The number of rotatable bonds is 7. The van der Waals surface area contributed by atoms with Gasteiger partial charge in [-0.1, -0.05) is 18.2 Å². The molecule has 0 spiro atoms. The second-order valence-electron chi connectivity index (χ2n) is 6.85. The zero-order valence-corrected chi connectivity index (χ0v) is 18.1. The number of methoxy groups -OCH3 is 2. The van der Waals surface area contributed by atoms with E-state index in [1.807, 2.05) is 12.1 Å². The summed E-state index contributed by atoms with van der Waals surface area (Å²) < 4.78 is 44.6. The predicted molar refractivity (Wildman–Crippen MR) is 111 cm³/mol. The van der Waals surface area contributed by atoms with Gasteiger partial charge < -0.3 is 19.1 Å². The van der Waals surface area contributed by atoms with Gasteiger partial charge in [-0.3, -0.25) is 4.79 Å². The van der Waals surface area contributed by atoms with Crippen molar-refractivity contribution < 1.29 is 27.4 Å². The number of hydrogen-bond acceptors (Lipinski definition) is 6. The molecule has 1 saturated heterocycles. The molecule has 0 aromatic heterocycles. The number of carbonyl (C=O) groups excluding carboxylic acids is 1. The number of nitrogens with zero attached hydrogens (tertiary/aromatic N) is 1. The lowest BCUT2D eigenvalue weighted by molar-refractivity contribution is 0.0300. The van der Waals surface area contributed by atoms with Crippen molar-refractivity contribution in [3.05, 3.63) is 53.6 Å². The van der Waals surface area contributed by atoms with Gasteiger partial charge in [0, 0.05) is 24.7 Å². The van der Waals surface area contributed by atoms with E-state index in [1.165, 1.54) is 32.4 Å². The van der Waals surface area contributed by atoms with Crippen LogP contribution in [0.5, 0.6) is 11.5 Å². The summed E-state index contributed by atoms with van der Waals surface area (Å²) in [6, 6.07) is 10.9. The van der Waals surface area contributed by atoms with Gasteiger partial charge in [-0.2, -0.15) is 0 Å². The Hall–Kier alpha value is -2.62. The van der Waals surface area contributed by atoms with Gasteiger partial charge in [-0.25, -0.2) is 13.1 Å². The standard InChI is InChI=1S/C21H26N2O6S/c1-15(17-6-4-5-7-19(17)27-2)22-30(25,26)16-8-9-20(28-3)18(14-16)21(24)23-10-12-29-13-11-23/h4-9,14-15,22H,10-13H2,1-3H3/t15-/m1/s1. The molecule has 1 amide bonds. The largest absolute Gasteiger partial charge is 0.496 e. The van der Waals surface area contributed by atoms with Crippen LogP contribution in [0.25, 0.3) is 0 Å². The SMILES string of the molecule is COc1ccc(S(=O)(=O)N[C@H](C)c2ccccc2OC)cc1C(=O)N1CCOCC1. The minimum Gasteiger partial charge on any atom is -0.496 e. The molecule has 1 heterocycles. The summed E-state index contributed by atoms with van der Waals surface area (Å²) in [7, 11) is -0.920. The Labute approximate surface area is 176 Å². The summed E-state index contributed by atoms with van der Waals surface area (Å²) in [5.41, 5.74) is 0.911. The first kappa shape index (κ1) is 22.1. The zero-order chi connectivity index (χ0) is 21.7. The average Bonchev–Trinajstić information content (AvgIpc) is 2.78. The average molecular weight is 435 g/mol. The first-order chi connectivity index (χ1) is 14.4. The lowest BCUT2D eigenvalue weighted by Crippen LogP contribution is -2.40. The molecule has 1 N–H and O–H groups in total. The number of para-hydroxylation sites is 1. The molecule has 1 aliphatic heterocycles. The third kappa shape index (κ3) is 4.75. The van der Waals surface area contributed by atoms with Gasteiger partial charge in [-0.05, 0) is 31.2 Å². The Balaban J connectivity index is 1.89. The highest BCUT2D eigenvalue weighted by Gasteiger charge is 2.26. The number of ether oxygens (including phenoxy) is 3. The second kappa shape index (κ2) is 9.46. The lowest BCUT2D eigenvalue weighted by atomic mass is 10.1. The molecule has 8 nitrogen and oxygen atoms in total. The summed E-state index contributed by atoms with van der Waals surface area (Å²) in [4.78, 5) is 14.6. The number of nitrogens with one attached hydrogen (secondary N) is 1. The van der Waals surface area contributed by atoms with Crippen LogP contribution in [0.1, 0.15) is 28.9 Å². The van der Waals surface area contributed by atoms with E-state index in [4.69, 9.17) is 14.2 Å². The van der Waals surface area contributed by atoms with E-state index >= 15 is 0 Å². The Bertz CT molecular complexity index is 1000. The van der Waals surface area contributed by atoms with E-state index in [0.29, 0.717) is 43.4 Å². The van der Waals surface area contributed by atoms with Crippen LogP contribution >= 0.6 is 0 Å². The molecular weight excluding hydrogens is 408 g/mol. The summed E-state index contributed by atoms with van der Waals surface area (Å²) in [6.45, 7) is 3.52. The third-order valence-corrected chi connectivity index (χ3v) is 6.49. The molecule has 3 rings (SSSR count). The van der Waals surface area contributed by atoms with Crippen molar-refractivity contribution in [1.29, 1.82) is 0 Å². The number of hydrogen-bond donors (Lipinski definition) is 1. The maximum Gasteiger partial charge on any atom is 0.257 e. The predicted octanol–water partition coefficient (Wildman–Crippen LogP) is 2.22. The van der Waals surface area contributed by atoms with Crippen molar-refractivity contribution >= 4 is 15.9 Å². The molecule has 0 radical (unpaired) electrons. The van der Waals surface area contributed by atoms with Crippen LogP contribution in [-0.4, -0.2) is 59.7 Å². The fraction of sp³-hybridized carbons (Fsp3) is 0.381. The topological polar surface area (TPSA) is 94.2 Å². The molecule has 9 heteroatoms. The van der Waals surface area contributed by atoms with E-state index in [0.717, 1.165) is 0 Å². The maximum absolute atomic E-state index is 13.0. The molecule has 30 heavy (non-hydrogen) atoms. The van der Waals surface area contributed by atoms with Crippen LogP contribution < -0.4 is 14.2 Å². The molecule has 1 fully saturated rings. The summed E-state index contributed by atoms with van der Waals surface area (Å²) >= 11 is 0. The highest BCUT2D eigenvalue weighted by molar-refractivity contribution is 7.89. The molecule has 0 unspecified atom stereocenters. The monoisotopic (exact) mass is 434 g/mol. The lowest BCUT2D eigenvalue weighted by Gasteiger charge is -2.27. The van der Waals surface area contributed by atoms with Gasteiger partial charge in [0.25, 0.3) is 5.91 Å². The van der Waals surface area contributed by atoms with Crippen LogP contribution in [0, 0.1) is 0 Å². The molecule has 2 aromatic carbocycles. The fourth-order valence-electron chi connectivity index (χ4n) is 3.35. The van der Waals surface area contributed by atoms with Crippen molar-refractivity contribution in [1.82, 2.24) is 9.62 Å². The van der Waals surface area contributed by atoms with Gasteiger partial charge in [0.15, 0.2) is 0 Å². The smallest absolute Gasteiger partial charge is 0.257 e. The van der Waals surface area contributed by atoms with Crippen molar-refractivity contribution in [3.63, 3.8) is 0 Å². The van der Waals surface area contributed by atoms with Crippen LogP contribution in [0.3, 0.4) is 0 Å². The minimum atomic E-state index is -3.90. The molecular formula is C21H26N2O6S. The third-order valence-electron chi connectivity index (χ3n) is 4.95. The zero-order valence-electron chi connectivity index (χ0n) is 17.3. The van der Waals surface area contributed by atoms with Crippen molar-refractivity contribution in [2.24, 2.45) is 0 Å². The van der Waals surface area contributed by atoms with Gasteiger partial charge in [0.2, 0.25) is 10.0 Å². The van der Waals surface area contributed by atoms with Crippen molar-refractivity contribution in [3.8, 4) is 11.5 Å². The quantitative estimate of drug-likeness (QED) is 0.718. The van der Waals surface area contributed by atoms with Crippen molar-refractivity contribution in [2.45, 2.75) is 17.9 Å². The van der Waals surface area contributed by atoms with E-state index in [2.05, 4.69) is 4.72 Å². The highest BCUT2D eigenvalue weighted by atomic mass is 32.2. The van der Waals surface area contributed by atoms with Gasteiger partial charge in [0.05, 0.1) is 37.9 Å². The Morgan fingerprint density at radius 2 is 1.73 bits per heavy atom. The Kier molecular flexibility index (Phi) is 6.96. The number of carbonyl (C=O) groups is 1. The number of amides is 1. The molecule has 0 aliphatic carbocycles. The van der Waals surface area contributed by atoms with E-state index in [1.54, 1.807) is 24.0 Å². The molecule has 2 aromatic rings. The molecule has 0 saturated carbocycles. The van der Waals surface area contributed by atoms with Gasteiger partial charge >= 0.3 is 0 Å². The van der Waals surface area contributed by atoms with Crippen LogP contribution in [0.4, 0.5) is 0 Å². The first-order valence-electron chi connectivity index (χ1n) is 9.57. The molecule has 1 aliphatic rings. The number of morpholine rings is 1. The summed E-state index contributed by atoms with van der Waals surface area (Å²) in [5.74, 6) is 0.624. The summed E-state index contributed by atoms with van der Waals surface area (Å²) in [6.07, 6.45) is 0. The van der Waals surface area contributed by atoms with Gasteiger partial charge in [0.1, 0.15) is 11.5 Å². The number of benzene rings is 2. The highest BCUT2D eigenvalue weighted by Crippen LogP contribution is 2.28. The summed E-state index contributed by atoms with van der Waals surface area (Å²) in [5, 5.41) is 0. The number of sulfonamides is 1. The van der Waals surface area contributed by atoms with Gasteiger partial charge in [-0.15, -0.1) is 0 Å². The van der Waals surface area contributed by atoms with Crippen molar-refractivity contribution in [2.75, 3.05) is 40.5 Å². The Morgan fingerprint density at radius 3 is 2.40 bits per heavy atom. The van der Waals surface area contributed by atoms with E-state index in [9.17, 15) is 13.2 Å². The van der Waals surface area contributed by atoms with Crippen LogP contribution in [-0.2, 0) is 14.8 Å². The second-order valence-corrected chi connectivity index (χ2v) is 8.57. The van der Waals surface area contributed by atoms with Crippen LogP contribution in [0.15, 0.2) is 47.4 Å². The normalized spacial score (nSPS) is 15.5. The fourth-order valence-corrected chi connectivity index (χ4v) is 4.60. The van der Waals surface area contributed by atoms with E-state index < -0.39 is 16.1 Å². The minimum absolute atomic E-state index is 0.0124. The maximum atomic E-state index is 13.0. The van der Waals surface area contributed by atoms with Crippen LogP contribution in [0.2, 0.25) is 0 Å². The van der Waals surface area contributed by atoms with E-state index in [-0.39, 0.29) is 16.4 Å². The first-order valence-corrected chi connectivity index (χ1v) is 11.1. The molecule has 0 bridgehead atoms. The Morgan fingerprint density at radius 1 is 1.07 bits per heavy atom.